The number of carbonyl (C=O) groups is 4. The summed E-state index contributed by atoms with van der Waals surface area (Å²) in [5.74, 6) is 1.61. The Labute approximate surface area is 330 Å². The normalized spacial score (nSPS) is 18.0. The van der Waals surface area contributed by atoms with Crippen LogP contribution in [0.15, 0.2) is 65.3 Å². The van der Waals surface area contributed by atoms with Gasteiger partial charge < -0.3 is 44.3 Å². The molecule has 2 saturated heterocycles. The Hall–Kier alpha value is -6.12. The van der Waals surface area contributed by atoms with E-state index in [4.69, 9.17) is 13.9 Å². The number of alkyl carbamates (subject to hydrolysis) is 2. The summed E-state index contributed by atoms with van der Waals surface area (Å²) in [6.45, 7) is 8.75. The van der Waals surface area contributed by atoms with E-state index in [1.165, 1.54) is 14.2 Å². The van der Waals surface area contributed by atoms with Crippen LogP contribution in [0.2, 0.25) is 0 Å². The summed E-state index contributed by atoms with van der Waals surface area (Å²) in [7, 11) is 2.57. The summed E-state index contributed by atoms with van der Waals surface area (Å²) in [5, 5.41) is 6.32. The molecule has 15 nitrogen and oxygen atoms in total. The highest BCUT2D eigenvalue weighted by molar-refractivity contribution is 5.88. The molecule has 300 valence electrons. The van der Waals surface area contributed by atoms with Crippen LogP contribution >= 0.6 is 0 Å². The molecule has 15 heteroatoms. The van der Waals surface area contributed by atoms with Crippen LogP contribution in [0, 0.1) is 11.8 Å². The highest BCUT2D eigenvalue weighted by Crippen LogP contribution is 2.36. The van der Waals surface area contributed by atoms with Crippen molar-refractivity contribution in [2.75, 3.05) is 27.3 Å². The Bertz CT molecular complexity index is 2240. The highest BCUT2D eigenvalue weighted by atomic mass is 16.5. The molecule has 2 aliphatic rings. The number of fused-ring (bicyclic) bond motifs is 1. The molecule has 4 N–H and O–H groups in total. The number of ether oxygens (including phenoxy) is 2. The second-order valence-electron chi connectivity index (χ2n) is 15.4. The van der Waals surface area contributed by atoms with Crippen LogP contribution in [0.25, 0.3) is 44.8 Å². The number of amides is 4. The molecule has 5 aromatic rings. The van der Waals surface area contributed by atoms with Gasteiger partial charge in [0.05, 0.1) is 50.1 Å². The van der Waals surface area contributed by atoms with Crippen molar-refractivity contribution in [2.24, 2.45) is 11.8 Å². The van der Waals surface area contributed by atoms with E-state index in [0.29, 0.717) is 24.7 Å². The number of likely N-dealkylation sites (tertiary alicyclic amines) is 2. The lowest BCUT2D eigenvalue weighted by Crippen LogP contribution is -2.51. The van der Waals surface area contributed by atoms with E-state index in [-0.39, 0.29) is 35.7 Å². The number of carbonyl (C=O) groups excluding carboxylic acids is 4. The van der Waals surface area contributed by atoms with Gasteiger partial charge in [0.2, 0.25) is 11.8 Å². The van der Waals surface area contributed by atoms with Gasteiger partial charge >= 0.3 is 12.2 Å². The van der Waals surface area contributed by atoms with Gasteiger partial charge in [-0.05, 0) is 67.3 Å². The molecular weight excluding hydrogens is 729 g/mol. The van der Waals surface area contributed by atoms with Crippen LogP contribution in [-0.2, 0) is 19.1 Å². The lowest BCUT2D eigenvalue weighted by molar-refractivity contribution is -0.136. The van der Waals surface area contributed by atoms with Crippen molar-refractivity contribution in [1.29, 1.82) is 0 Å². The van der Waals surface area contributed by atoms with Crippen molar-refractivity contribution >= 4 is 35.0 Å². The van der Waals surface area contributed by atoms with Crippen LogP contribution in [0.1, 0.15) is 77.1 Å². The zero-order valence-electron chi connectivity index (χ0n) is 33.1. The van der Waals surface area contributed by atoms with E-state index >= 15 is 0 Å². The Kier molecular flexibility index (Phi) is 11.4. The van der Waals surface area contributed by atoms with Crippen molar-refractivity contribution < 1.29 is 33.1 Å². The van der Waals surface area contributed by atoms with Crippen LogP contribution < -0.4 is 10.6 Å². The fourth-order valence-electron chi connectivity index (χ4n) is 7.86. The summed E-state index contributed by atoms with van der Waals surface area (Å²) >= 11 is 0. The van der Waals surface area contributed by atoms with E-state index in [1.807, 2.05) is 70.2 Å². The van der Waals surface area contributed by atoms with Crippen LogP contribution in [0.5, 0.6) is 0 Å². The average Bonchev–Trinajstić information content (AvgIpc) is 4.06. The zero-order valence-corrected chi connectivity index (χ0v) is 33.1. The average molecular weight is 779 g/mol. The van der Waals surface area contributed by atoms with E-state index in [1.54, 1.807) is 22.2 Å². The number of aromatic amines is 2. The van der Waals surface area contributed by atoms with E-state index in [0.717, 1.165) is 70.5 Å². The molecule has 1 unspecified atom stereocenters. The lowest BCUT2D eigenvalue weighted by atomic mass is 10.0. The van der Waals surface area contributed by atoms with Gasteiger partial charge in [-0.15, -0.1) is 0 Å². The molecule has 0 spiro atoms. The molecule has 3 aromatic heterocycles. The molecule has 7 rings (SSSR count). The van der Waals surface area contributed by atoms with Gasteiger partial charge in [0.15, 0.2) is 0 Å². The predicted molar refractivity (Wildman–Crippen MR) is 213 cm³/mol. The van der Waals surface area contributed by atoms with Gasteiger partial charge in [0.1, 0.15) is 35.1 Å². The Morgan fingerprint density at radius 1 is 0.702 bits per heavy atom. The fourth-order valence-corrected chi connectivity index (χ4v) is 7.86. The monoisotopic (exact) mass is 778 g/mol. The second kappa shape index (κ2) is 16.5. The third kappa shape index (κ3) is 8.09. The van der Waals surface area contributed by atoms with E-state index in [9.17, 15) is 19.2 Å². The number of nitrogens with zero attached hydrogens (tertiary/aromatic N) is 4. The first-order chi connectivity index (χ1) is 27.4. The Morgan fingerprint density at radius 3 is 1.67 bits per heavy atom. The Balaban J connectivity index is 1.03. The van der Waals surface area contributed by atoms with E-state index in [2.05, 4.69) is 36.6 Å². The summed E-state index contributed by atoms with van der Waals surface area (Å²) in [4.78, 5) is 70.9. The van der Waals surface area contributed by atoms with Gasteiger partial charge in [0.25, 0.3) is 0 Å². The molecule has 2 aromatic carbocycles. The molecule has 57 heavy (non-hydrogen) atoms. The molecule has 5 heterocycles. The summed E-state index contributed by atoms with van der Waals surface area (Å²) in [6, 6.07) is 14.2. The zero-order chi connectivity index (χ0) is 40.4. The van der Waals surface area contributed by atoms with Gasteiger partial charge in [-0.3, -0.25) is 9.59 Å². The molecule has 4 amide bonds. The molecule has 0 aliphatic carbocycles. The van der Waals surface area contributed by atoms with Gasteiger partial charge in [0, 0.05) is 29.6 Å². The molecule has 0 bridgehead atoms. The molecule has 2 aliphatic heterocycles. The van der Waals surface area contributed by atoms with Gasteiger partial charge in [-0.2, -0.15) is 0 Å². The second-order valence-corrected chi connectivity index (χ2v) is 15.4. The van der Waals surface area contributed by atoms with Crippen molar-refractivity contribution in [3.63, 3.8) is 0 Å². The fraction of sp³-hybridized carbons (Fsp3) is 0.429. The first kappa shape index (κ1) is 39.1. The largest absolute Gasteiger partial charge is 0.456 e. The molecule has 0 radical (unpaired) electrons. The quantitative estimate of drug-likeness (QED) is 0.110. The summed E-state index contributed by atoms with van der Waals surface area (Å²) in [5.41, 5.74) is 5.20. The Morgan fingerprint density at radius 2 is 1.18 bits per heavy atom. The highest BCUT2D eigenvalue weighted by Gasteiger charge is 2.39. The van der Waals surface area contributed by atoms with Crippen molar-refractivity contribution in [2.45, 2.75) is 77.5 Å². The van der Waals surface area contributed by atoms with Gasteiger partial charge in [-0.25, -0.2) is 19.6 Å². The number of nitrogens with one attached hydrogen (secondary N) is 4. The van der Waals surface area contributed by atoms with Crippen LogP contribution in [-0.4, -0.2) is 93.1 Å². The topological polar surface area (TPSA) is 188 Å². The maximum absolute atomic E-state index is 13.6. The molecular formula is C42H50N8O7. The number of aromatic nitrogens is 4. The number of furan rings is 1. The number of imidazole rings is 2. The SMILES string of the molecule is COC(=O)NC(C(=O)N1CCC[C@@H]1c1ncc(-c2ccc3oc(-c4ccc(-c5cnc([C@H]6CCCN6C(=O)[C@@H](NC(=O)OC)C(C)C)[nH]5)cc4)cc3c2)[nH]1)C(C)C. The van der Waals surface area contributed by atoms with Gasteiger partial charge in [-0.1, -0.05) is 52.0 Å². The number of hydrogen-bond acceptors (Lipinski definition) is 9. The van der Waals surface area contributed by atoms with Crippen LogP contribution in [0.4, 0.5) is 9.59 Å². The lowest BCUT2D eigenvalue weighted by Gasteiger charge is -2.30. The first-order valence-corrected chi connectivity index (χ1v) is 19.5. The molecule has 0 saturated carbocycles. The molecule has 2 fully saturated rings. The maximum Gasteiger partial charge on any atom is 0.407 e. The summed E-state index contributed by atoms with van der Waals surface area (Å²) in [6.07, 6.45) is 5.53. The molecule has 4 atom stereocenters. The minimum Gasteiger partial charge on any atom is -0.456 e. The number of methoxy groups -OCH3 is 2. The van der Waals surface area contributed by atoms with E-state index < -0.39 is 24.3 Å². The third-order valence-electron chi connectivity index (χ3n) is 11.0. The minimum atomic E-state index is -0.700. The summed E-state index contributed by atoms with van der Waals surface area (Å²) < 4.78 is 15.8. The standard InChI is InChI=1S/C42H50N8O7/c1-23(2)35(47-41(53)55-5)39(51)49-17-7-9-31(49)37-43-21-29(45-37)25-11-13-26(14-12-25)34-20-28-19-27(15-16-33(28)57-34)30-22-44-38(46-30)32-10-8-18-50(32)40(52)36(24(3)4)48-42(54)56-6/h11-16,19-24,31-32,35-36H,7-10,17-18H2,1-6H3,(H,43,45)(H,44,46)(H,47,53)(H,48,54)/t31-,32-,35+,36?/m1/s1. The maximum atomic E-state index is 13.6. The van der Waals surface area contributed by atoms with Crippen molar-refractivity contribution in [3.8, 4) is 33.8 Å². The number of H-pyrrole nitrogens is 2. The van der Waals surface area contributed by atoms with Crippen molar-refractivity contribution in [3.05, 3.63) is 72.6 Å². The number of hydrogen-bond donors (Lipinski definition) is 4. The minimum absolute atomic E-state index is 0.113. The van der Waals surface area contributed by atoms with Crippen molar-refractivity contribution in [1.82, 2.24) is 40.4 Å². The predicted octanol–water partition coefficient (Wildman–Crippen LogP) is 6.97. The van der Waals surface area contributed by atoms with Crippen LogP contribution in [0.3, 0.4) is 0 Å². The number of rotatable bonds is 11. The third-order valence-corrected chi connectivity index (χ3v) is 11.0. The first-order valence-electron chi connectivity index (χ1n) is 19.5. The number of benzene rings is 2. The smallest absolute Gasteiger partial charge is 0.407 e.